The summed E-state index contributed by atoms with van der Waals surface area (Å²) >= 11 is 0. The van der Waals surface area contributed by atoms with E-state index in [-0.39, 0.29) is 17.0 Å². The number of carbonyl (C=O) groups excluding carboxylic acids is 1. The zero-order valence-electron chi connectivity index (χ0n) is 14.8. The van der Waals surface area contributed by atoms with E-state index in [1.165, 1.54) is 24.7 Å². The fourth-order valence-corrected chi connectivity index (χ4v) is 2.69. The summed E-state index contributed by atoms with van der Waals surface area (Å²) in [7, 11) is 1.67. The average molecular weight is 367 g/mol. The number of nitrogens with zero attached hydrogens (tertiary/aromatic N) is 1. The molecule has 0 spiro atoms. The number of hydrogen-bond donors (Lipinski definition) is 4. The maximum absolute atomic E-state index is 14.3. The summed E-state index contributed by atoms with van der Waals surface area (Å²) in [5.74, 6) is -0.966. The van der Waals surface area contributed by atoms with Gasteiger partial charge in [-0.3, -0.25) is 10.2 Å². The maximum atomic E-state index is 14.3. The van der Waals surface area contributed by atoms with E-state index in [0.29, 0.717) is 28.2 Å². The van der Waals surface area contributed by atoms with Crippen LogP contribution in [0.4, 0.5) is 21.5 Å². The normalized spacial score (nSPS) is 10.5. The topological polar surface area (TPSA) is 117 Å². The molecule has 0 bridgehead atoms. The molecule has 1 heterocycles. The molecule has 27 heavy (non-hydrogen) atoms. The van der Waals surface area contributed by atoms with Crippen LogP contribution in [0.1, 0.15) is 27.2 Å². The number of aromatic nitrogens is 1. The van der Waals surface area contributed by atoms with Crippen molar-refractivity contribution < 1.29 is 13.6 Å². The summed E-state index contributed by atoms with van der Waals surface area (Å²) in [5, 5.41) is 13.7. The number of nitrogen functional groups attached to an aromatic ring is 1. The molecule has 7 nitrogen and oxygen atoms in total. The van der Waals surface area contributed by atoms with Crippen LogP contribution in [0.5, 0.6) is 0 Å². The number of benzene rings is 2. The summed E-state index contributed by atoms with van der Waals surface area (Å²) in [5.41, 5.74) is 8.09. The molecule has 0 aliphatic carbocycles. The molecule has 3 aromatic rings. The third-order valence-electron chi connectivity index (χ3n) is 4.06. The number of oxazole rings is 1. The number of hydrogen-bond acceptors (Lipinski definition) is 6. The Morgan fingerprint density at radius 1 is 1.26 bits per heavy atom. The number of halogens is 1. The second-order valence-electron chi connectivity index (χ2n) is 5.90. The van der Waals surface area contributed by atoms with Crippen molar-refractivity contribution in [2.75, 3.05) is 23.4 Å². The second-order valence-corrected chi connectivity index (χ2v) is 5.90. The molecular formula is C19H18FN5O2. The van der Waals surface area contributed by atoms with Crippen LogP contribution in [0, 0.1) is 18.2 Å². The Kier molecular flexibility index (Phi) is 4.89. The lowest BCUT2D eigenvalue weighted by molar-refractivity contribution is 0.102. The molecule has 2 aromatic carbocycles. The number of amides is 1. The predicted molar refractivity (Wildman–Crippen MR) is 102 cm³/mol. The van der Waals surface area contributed by atoms with E-state index in [1.807, 2.05) is 0 Å². The summed E-state index contributed by atoms with van der Waals surface area (Å²) < 4.78 is 19.4. The fraction of sp³-hybridized carbons (Fsp3) is 0.105. The number of nitrogens with one attached hydrogen (secondary N) is 3. The minimum atomic E-state index is -0.623. The average Bonchev–Trinajstić information content (AvgIpc) is 3.16. The quantitative estimate of drug-likeness (QED) is 0.407. The lowest BCUT2D eigenvalue weighted by Gasteiger charge is -2.12. The van der Waals surface area contributed by atoms with Gasteiger partial charge >= 0.3 is 0 Å². The molecule has 0 aliphatic rings. The first-order valence-electron chi connectivity index (χ1n) is 8.07. The SMILES string of the molecule is CNc1cc(C)c(C(=O)Nc2ccc(N)c(C(=N)c3cnco3)c2)c(F)c1. The molecule has 0 aliphatic heterocycles. The third kappa shape index (κ3) is 3.64. The Labute approximate surface area is 154 Å². The van der Waals surface area contributed by atoms with E-state index in [0.717, 1.165) is 0 Å². The van der Waals surface area contributed by atoms with Gasteiger partial charge in [0.05, 0.1) is 11.8 Å². The van der Waals surface area contributed by atoms with Crippen molar-refractivity contribution in [3.05, 3.63) is 71.2 Å². The standard InChI is InChI=1S/C19H18FN5O2/c1-10-5-12(23-2)7-14(20)17(10)19(26)25-11-3-4-15(21)13(6-11)18(22)16-8-24-9-27-16/h3-9,22-23H,21H2,1-2H3,(H,25,26). The molecule has 0 saturated heterocycles. The van der Waals surface area contributed by atoms with Crippen molar-refractivity contribution >= 4 is 28.7 Å². The fourth-order valence-electron chi connectivity index (χ4n) is 2.69. The number of nitrogens with two attached hydrogens (primary N) is 1. The van der Waals surface area contributed by atoms with Crippen LogP contribution in [0.2, 0.25) is 0 Å². The van der Waals surface area contributed by atoms with Gasteiger partial charge in [0.15, 0.2) is 12.2 Å². The van der Waals surface area contributed by atoms with Gasteiger partial charge in [-0.2, -0.15) is 0 Å². The van der Waals surface area contributed by atoms with Crippen molar-refractivity contribution in [3.8, 4) is 0 Å². The smallest absolute Gasteiger partial charge is 0.258 e. The third-order valence-corrected chi connectivity index (χ3v) is 4.06. The Morgan fingerprint density at radius 2 is 2.04 bits per heavy atom. The lowest BCUT2D eigenvalue weighted by atomic mass is 10.0. The van der Waals surface area contributed by atoms with Gasteiger partial charge in [0.25, 0.3) is 5.91 Å². The van der Waals surface area contributed by atoms with Crippen LogP contribution >= 0.6 is 0 Å². The first-order valence-corrected chi connectivity index (χ1v) is 8.07. The molecule has 3 rings (SSSR count). The van der Waals surface area contributed by atoms with E-state index < -0.39 is 11.7 Å². The molecule has 0 saturated carbocycles. The summed E-state index contributed by atoms with van der Waals surface area (Å²) in [4.78, 5) is 16.3. The van der Waals surface area contributed by atoms with Gasteiger partial charge in [-0.05, 0) is 42.8 Å². The molecule has 1 amide bonds. The van der Waals surface area contributed by atoms with Crippen LogP contribution in [-0.4, -0.2) is 23.7 Å². The van der Waals surface area contributed by atoms with E-state index >= 15 is 0 Å². The van der Waals surface area contributed by atoms with Crippen molar-refractivity contribution in [1.29, 1.82) is 5.41 Å². The molecule has 1 aromatic heterocycles. The number of anilines is 3. The van der Waals surface area contributed by atoms with Gasteiger partial charge in [0, 0.05) is 29.7 Å². The van der Waals surface area contributed by atoms with E-state index in [1.54, 1.807) is 32.2 Å². The summed E-state index contributed by atoms with van der Waals surface area (Å²) in [6, 6.07) is 7.62. The van der Waals surface area contributed by atoms with Crippen molar-refractivity contribution in [3.63, 3.8) is 0 Å². The van der Waals surface area contributed by atoms with E-state index in [2.05, 4.69) is 15.6 Å². The van der Waals surface area contributed by atoms with Gasteiger partial charge in [0.1, 0.15) is 11.5 Å². The van der Waals surface area contributed by atoms with Crippen LogP contribution < -0.4 is 16.4 Å². The summed E-state index contributed by atoms with van der Waals surface area (Å²) in [6.07, 6.45) is 2.61. The predicted octanol–water partition coefficient (Wildman–Crippen LogP) is 3.41. The van der Waals surface area contributed by atoms with Gasteiger partial charge in [-0.25, -0.2) is 9.37 Å². The number of aryl methyl sites for hydroxylation is 1. The van der Waals surface area contributed by atoms with E-state index in [4.69, 9.17) is 15.6 Å². The lowest BCUT2D eigenvalue weighted by Crippen LogP contribution is -2.16. The molecule has 0 unspecified atom stereocenters. The molecular weight excluding hydrogens is 349 g/mol. The first kappa shape index (κ1) is 18.1. The molecule has 0 radical (unpaired) electrons. The zero-order chi connectivity index (χ0) is 19.6. The van der Waals surface area contributed by atoms with Gasteiger partial charge in [-0.1, -0.05) is 0 Å². The zero-order valence-corrected chi connectivity index (χ0v) is 14.8. The van der Waals surface area contributed by atoms with Crippen molar-refractivity contribution in [2.45, 2.75) is 6.92 Å². The molecule has 8 heteroatoms. The first-order chi connectivity index (χ1) is 12.9. The van der Waals surface area contributed by atoms with Crippen molar-refractivity contribution in [2.24, 2.45) is 0 Å². The highest BCUT2D eigenvalue weighted by atomic mass is 19.1. The molecule has 5 N–H and O–H groups in total. The van der Waals surface area contributed by atoms with Gasteiger partial charge in [-0.15, -0.1) is 0 Å². The number of rotatable bonds is 5. The van der Waals surface area contributed by atoms with Crippen LogP contribution in [0.15, 0.2) is 47.3 Å². The maximum Gasteiger partial charge on any atom is 0.258 e. The van der Waals surface area contributed by atoms with Crippen LogP contribution in [-0.2, 0) is 0 Å². The Hall–Kier alpha value is -3.68. The molecule has 138 valence electrons. The summed E-state index contributed by atoms with van der Waals surface area (Å²) in [6.45, 7) is 1.66. The highest BCUT2D eigenvalue weighted by Crippen LogP contribution is 2.24. The monoisotopic (exact) mass is 367 g/mol. The molecule has 0 atom stereocenters. The molecule has 0 fully saturated rings. The van der Waals surface area contributed by atoms with Crippen molar-refractivity contribution in [1.82, 2.24) is 4.98 Å². The van der Waals surface area contributed by atoms with Crippen LogP contribution in [0.25, 0.3) is 0 Å². The van der Waals surface area contributed by atoms with Gasteiger partial charge < -0.3 is 20.8 Å². The van der Waals surface area contributed by atoms with Crippen LogP contribution in [0.3, 0.4) is 0 Å². The Morgan fingerprint density at radius 3 is 2.67 bits per heavy atom. The van der Waals surface area contributed by atoms with E-state index in [9.17, 15) is 9.18 Å². The highest BCUT2D eigenvalue weighted by Gasteiger charge is 2.18. The minimum absolute atomic E-state index is 0.0295. The minimum Gasteiger partial charge on any atom is -0.442 e. The second kappa shape index (κ2) is 7.28. The Bertz CT molecular complexity index is 992. The number of carbonyl (C=O) groups is 1. The Balaban J connectivity index is 1.89. The highest BCUT2D eigenvalue weighted by molar-refractivity contribution is 6.13. The van der Waals surface area contributed by atoms with Gasteiger partial charge in [0.2, 0.25) is 0 Å². The largest absolute Gasteiger partial charge is 0.442 e.